The van der Waals surface area contributed by atoms with Crippen molar-refractivity contribution in [3.05, 3.63) is 0 Å². The van der Waals surface area contributed by atoms with E-state index in [4.69, 9.17) is 5.11 Å². The summed E-state index contributed by atoms with van der Waals surface area (Å²) in [6, 6.07) is 0.401. The highest BCUT2D eigenvalue weighted by atomic mass is 16.4. The van der Waals surface area contributed by atoms with Crippen LogP contribution in [0.2, 0.25) is 0 Å². The van der Waals surface area contributed by atoms with Crippen LogP contribution in [0, 0.1) is 0 Å². The van der Waals surface area contributed by atoms with Crippen LogP contribution in [0.5, 0.6) is 0 Å². The lowest BCUT2D eigenvalue weighted by molar-refractivity contribution is -0.155. The monoisotopic (exact) mass is 244 g/mol. The smallest absolute Gasteiger partial charge is 0.329 e. The fourth-order valence-corrected chi connectivity index (χ4v) is 1.25. The summed E-state index contributed by atoms with van der Waals surface area (Å²) in [5.74, 6) is -1.13. The van der Waals surface area contributed by atoms with Gasteiger partial charge in [-0.2, -0.15) is 0 Å². The average Bonchev–Trinajstić information content (AvgIpc) is 2.22. The second kappa shape index (κ2) is 6.59. The second-order valence-corrected chi connectivity index (χ2v) is 5.03. The maximum absolute atomic E-state index is 11.8. The Labute approximate surface area is 103 Å². The molecule has 0 unspecified atom stereocenters. The zero-order chi connectivity index (χ0) is 13.6. The maximum atomic E-state index is 11.8. The molecule has 1 amide bonds. The third kappa shape index (κ3) is 5.17. The molecule has 0 aliphatic carbocycles. The highest BCUT2D eigenvalue weighted by Crippen LogP contribution is 2.14. The second-order valence-electron chi connectivity index (χ2n) is 5.03. The molecule has 0 radical (unpaired) electrons. The van der Waals surface area contributed by atoms with E-state index in [-0.39, 0.29) is 5.91 Å². The maximum Gasteiger partial charge on any atom is 0.329 e. The molecule has 0 aromatic heterocycles. The van der Waals surface area contributed by atoms with Crippen LogP contribution in [0.1, 0.15) is 40.5 Å². The number of likely N-dealkylation sites (N-methyl/N-ethyl adjacent to an activating group) is 1. The van der Waals surface area contributed by atoms with Gasteiger partial charge in [-0.15, -0.1) is 0 Å². The molecule has 0 atom stereocenters. The largest absolute Gasteiger partial charge is 0.480 e. The van der Waals surface area contributed by atoms with E-state index in [0.717, 1.165) is 13.0 Å². The Balaban J connectivity index is 4.11. The van der Waals surface area contributed by atoms with E-state index in [1.165, 1.54) is 25.8 Å². The van der Waals surface area contributed by atoms with Gasteiger partial charge < -0.3 is 15.3 Å². The Bertz CT molecular complexity index is 275. The van der Waals surface area contributed by atoms with Gasteiger partial charge in [0, 0.05) is 19.5 Å². The quantitative estimate of drug-likeness (QED) is 0.658. The summed E-state index contributed by atoms with van der Waals surface area (Å²) in [5, 5.41) is 12.2. The minimum absolute atomic E-state index is 0.136. The van der Waals surface area contributed by atoms with Crippen molar-refractivity contribution in [1.29, 1.82) is 0 Å². The topological polar surface area (TPSA) is 69.6 Å². The van der Waals surface area contributed by atoms with Crippen LogP contribution < -0.4 is 5.32 Å². The van der Waals surface area contributed by atoms with Gasteiger partial charge in [-0.05, 0) is 26.8 Å². The van der Waals surface area contributed by atoms with Crippen LogP contribution in [0.25, 0.3) is 0 Å². The molecule has 2 N–H and O–H groups in total. The molecule has 0 aromatic carbocycles. The highest BCUT2D eigenvalue weighted by molar-refractivity contribution is 5.86. The summed E-state index contributed by atoms with van der Waals surface area (Å²) in [7, 11) is 1.53. The molecular formula is C12H24N2O3. The lowest BCUT2D eigenvalue weighted by atomic mass is 10.0. The van der Waals surface area contributed by atoms with Gasteiger partial charge in [0.2, 0.25) is 5.91 Å². The molecule has 5 nitrogen and oxygen atoms in total. The molecule has 0 aliphatic heterocycles. The van der Waals surface area contributed by atoms with Crippen molar-refractivity contribution < 1.29 is 14.7 Å². The summed E-state index contributed by atoms with van der Waals surface area (Å²) in [6.45, 7) is 7.91. The summed E-state index contributed by atoms with van der Waals surface area (Å²) in [4.78, 5) is 24.0. The number of hydrogen-bond acceptors (Lipinski definition) is 3. The zero-order valence-corrected chi connectivity index (χ0v) is 11.4. The van der Waals surface area contributed by atoms with Crippen LogP contribution in [0.4, 0.5) is 0 Å². The molecule has 0 saturated heterocycles. The normalized spacial score (nSPS) is 11.6. The highest BCUT2D eigenvalue weighted by Gasteiger charge is 2.34. The van der Waals surface area contributed by atoms with Crippen molar-refractivity contribution in [3.63, 3.8) is 0 Å². The first-order chi connectivity index (χ1) is 7.69. The number of rotatable bonds is 7. The number of carboxylic acids is 1. The number of hydrogen-bond donors (Lipinski definition) is 2. The third-order valence-electron chi connectivity index (χ3n) is 2.86. The van der Waals surface area contributed by atoms with Crippen LogP contribution >= 0.6 is 0 Å². The fraction of sp³-hybridized carbons (Fsp3) is 0.833. The number of nitrogens with zero attached hydrogens (tertiary/aromatic N) is 1. The Hall–Kier alpha value is -1.10. The first-order valence-corrected chi connectivity index (χ1v) is 5.93. The van der Waals surface area contributed by atoms with Crippen molar-refractivity contribution in [1.82, 2.24) is 10.2 Å². The van der Waals surface area contributed by atoms with Crippen molar-refractivity contribution in [2.75, 3.05) is 13.6 Å². The first kappa shape index (κ1) is 15.9. The number of carbonyl (C=O) groups excluding carboxylic acids is 1. The van der Waals surface area contributed by atoms with Gasteiger partial charge in [0.05, 0.1) is 0 Å². The van der Waals surface area contributed by atoms with Crippen molar-refractivity contribution in [2.24, 2.45) is 0 Å². The minimum Gasteiger partial charge on any atom is -0.480 e. The van der Waals surface area contributed by atoms with Gasteiger partial charge in [-0.3, -0.25) is 4.79 Å². The van der Waals surface area contributed by atoms with E-state index in [1.54, 1.807) is 0 Å². The SMILES string of the molecule is CC(C)NCCCC(=O)N(C)C(C)(C)C(=O)O. The van der Waals surface area contributed by atoms with Crippen molar-refractivity contribution in [2.45, 2.75) is 52.1 Å². The molecule has 5 heteroatoms. The first-order valence-electron chi connectivity index (χ1n) is 5.93. The molecule has 0 bridgehead atoms. The molecule has 0 heterocycles. The Morgan fingerprint density at radius 2 is 1.88 bits per heavy atom. The number of amides is 1. The van der Waals surface area contributed by atoms with Gasteiger partial charge in [0.1, 0.15) is 5.54 Å². The third-order valence-corrected chi connectivity index (χ3v) is 2.86. The predicted octanol–water partition coefficient (Wildman–Crippen LogP) is 1.09. The van der Waals surface area contributed by atoms with Crippen LogP contribution in [-0.2, 0) is 9.59 Å². The minimum atomic E-state index is -1.15. The van der Waals surface area contributed by atoms with Gasteiger partial charge >= 0.3 is 5.97 Å². The molecule has 0 rings (SSSR count). The number of nitrogens with one attached hydrogen (secondary N) is 1. The predicted molar refractivity (Wildman–Crippen MR) is 66.9 cm³/mol. The molecule has 100 valence electrons. The molecular weight excluding hydrogens is 220 g/mol. The van der Waals surface area contributed by atoms with Gasteiger partial charge in [-0.1, -0.05) is 13.8 Å². The summed E-state index contributed by atoms with van der Waals surface area (Å²) in [6.07, 6.45) is 1.09. The molecule has 0 spiro atoms. The van der Waals surface area contributed by atoms with E-state index in [9.17, 15) is 9.59 Å². The van der Waals surface area contributed by atoms with Gasteiger partial charge in [0.15, 0.2) is 0 Å². The Kier molecular flexibility index (Phi) is 6.16. The van der Waals surface area contributed by atoms with Gasteiger partial charge in [-0.25, -0.2) is 4.79 Å². The van der Waals surface area contributed by atoms with Crippen LogP contribution in [0.3, 0.4) is 0 Å². The molecule has 17 heavy (non-hydrogen) atoms. The Morgan fingerprint density at radius 3 is 2.29 bits per heavy atom. The van der Waals surface area contributed by atoms with Crippen LogP contribution in [0.15, 0.2) is 0 Å². The standard InChI is InChI=1S/C12H24N2O3/c1-9(2)13-8-6-7-10(15)14(5)12(3,4)11(16)17/h9,13H,6-8H2,1-5H3,(H,16,17). The lowest BCUT2D eigenvalue weighted by Gasteiger charge is -2.31. The van der Waals surface area contributed by atoms with Crippen molar-refractivity contribution in [3.8, 4) is 0 Å². The van der Waals surface area contributed by atoms with E-state index in [0.29, 0.717) is 12.5 Å². The van der Waals surface area contributed by atoms with Crippen LogP contribution in [-0.4, -0.2) is 47.1 Å². The fourth-order valence-electron chi connectivity index (χ4n) is 1.25. The summed E-state index contributed by atoms with van der Waals surface area (Å²) in [5.41, 5.74) is -1.15. The number of carbonyl (C=O) groups is 2. The number of aliphatic carboxylic acids is 1. The zero-order valence-electron chi connectivity index (χ0n) is 11.4. The molecule has 0 aliphatic rings. The van der Waals surface area contributed by atoms with Crippen molar-refractivity contribution >= 4 is 11.9 Å². The molecule has 0 aromatic rings. The van der Waals surface area contributed by atoms with E-state index in [2.05, 4.69) is 5.32 Å². The summed E-state index contributed by atoms with van der Waals surface area (Å²) >= 11 is 0. The summed E-state index contributed by atoms with van der Waals surface area (Å²) < 4.78 is 0. The number of carboxylic acid groups (broad SMARTS) is 1. The van der Waals surface area contributed by atoms with E-state index >= 15 is 0 Å². The average molecular weight is 244 g/mol. The Morgan fingerprint density at radius 1 is 1.35 bits per heavy atom. The molecule has 0 saturated carbocycles. The molecule has 0 fully saturated rings. The van der Waals surface area contributed by atoms with E-state index < -0.39 is 11.5 Å². The lowest BCUT2D eigenvalue weighted by Crippen LogP contribution is -2.50. The van der Waals surface area contributed by atoms with Gasteiger partial charge in [0.25, 0.3) is 0 Å². The van der Waals surface area contributed by atoms with E-state index in [1.807, 2.05) is 13.8 Å².